The van der Waals surface area contributed by atoms with Crippen LogP contribution in [0, 0.1) is 0 Å². The molecule has 1 atom stereocenters. The van der Waals surface area contributed by atoms with Gasteiger partial charge in [-0.05, 0) is 31.2 Å². The molecule has 188 valence electrons. The van der Waals surface area contributed by atoms with Gasteiger partial charge in [0, 0.05) is 23.2 Å². The number of benzene rings is 1. The van der Waals surface area contributed by atoms with Gasteiger partial charge in [0.1, 0.15) is 5.69 Å². The van der Waals surface area contributed by atoms with E-state index in [1.54, 1.807) is 18.2 Å². The van der Waals surface area contributed by atoms with E-state index >= 15 is 0 Å². The zero-order valence-electron chi connectivity index (χ0n) is 19.0. The number of pyridine rings is 2. The highest BCUT2D eigenvalue weighted by Crippen LogP contribution is 2.37. The molecule has 4 aromatic heterocycles. The molecule has 37 heavy (non-hydrogen) atoms. The Morgan fingerprint density at radius 3 is 2.51 bits per heavy atom. The number of aromatic nitrogens is 6. The van der Waals surface area contributed by atoms with Crippen molar-refractivity contribution < 1.29 is 23.1 Å². The zero-order chi connectivity index (χ0) is 26.3. The minimum atomic E-state index is -4.87. The maximum absolute atomic E-state index is 14.3. The predicted octanol–water partition coefficient (Wildman–Crippen LogP) is 4.98. The Morgan fingerprint density at radius 1 is 1.08 bits per heavy atom. The topological polar surface area (TPSA) is 111 Å². The first kappa shape index (κ1) is 24.4. The van der Waals surface area contributed by atoms with Crippen LogP contribution in [0.5, 0.6) is 0 Å². The van der Waals surface area contributed by atoms with Gasteiger partial charge >= 0.3 is 6.18 Å². The van der Waals surface area contributed by atoms with Gasteiger partial charge in [-0.2, -0.15) is 23.4 Å². The number of amides is 1. The van der Waals surface area contributed by atoms with Gasteiger partial charge in [-0.15, -0.1) is 4.80 Å². The molecule has 1 aromatic carbocycles. The highest BCUT2D eigenvalue weighted by molar-refractivity contribution is 6.32. The number of alkyl halides is 3. The minimum absolute atomic E-state index is 0.0842. The first-order chi connectivity index (χ1) is 17.6. The molecular formula is C24H17ClF3N7O2. The molecule has 4 heterocycles. The first-order valence-electron chi connectivity index (χ1n) is 10.8. The number of aliphatic hydroxyl groups excluding tert-OH is 1. The molecule has 0 saturated carbocycles. The number of nitrogens with one attached hydrogen (secondary N) is 1. The number of carbonyl (C=O) groups excluding carboxylic acids is 1. The van der Waals surface area contributed by atoms with E-state index < -0.39 is 29.4 Å². The molecule has 0 aliphatic rings. The Balaban J connectivity index is 1.55. The third-order valence-electron chi connectivity index (χ3n) is 5.56. The summed E-state index contributed by atoms with van der Waals surface area (Å²) in [5.74, 6) is -0.811. The molecule has 5 rings (SSSR count). The number of anilines is 1. The van der Waals surface area contributed by atoms with Gasteiger partial charge < -0.3 is 15.0 Å². The summed E-state index contributed by atoms with van der Waals surface area (Å²) >= 11 is 6.21. The zero-order valence-corrected chi connectivity index (χ0v) is 19.7. The standard InChI is InChI=1S/C24H17ClF3N7O2/c1-13(36)20-16-3-2-4-19(15(16)5-7-29-20)34-10-6-17(21(34)24(26,27)28)23(37)33-14-11-18(25)22(30-12-14)35-31-8-9-32-35/h2-13,36H,1H3,(H,33,37)/t13-/m1/s1. The maximum Gasteiger partial charge on any atom is 0.432 e. The molecule has 13 heteroatoms. The number of aliphatic hydroxyl groups is 1. The van der Waals surface area contributed by atoms with E-state index in [0.717, 1.165) is 10.6 Å². The molecule has 0 unspecified atom stereocenters. The third-order valence-corrected chi connectivity index (χ3v) is 5.83. The van der Waals surface area contributed by atoms with Gasteiger partial charge in [0.25, 0.3) is 5.91 Å². The average Bonchev–Trinajstić information content (AvgIpc) is 3.54. The van der Waals surface area contributed by atoms with Crippen LogP contribution in [0.2, 0.25) is 5.02 Å². The molecule has 0 radical (unpaired) electrons. The summed E-state index contributed by atoms with van der Waals surface area (Å²) < 4.78 is 43.8. The second kappa shape index (κ2) is 9.30. The smallest absolute Gasteiger partial charge is 0.387 e. The highest BCUT2D eigenvalue weighted by atomic mass is 35.5. The Labute approximate surface area is 212 Å². The summed E-state index contributed by atoms with van der Waals surface area (Å²) in [5, 5.41) is 21.3. The second-order valence-electron chi connectivity index (χ2n) is 7.99. The van der Waals surface area contributed by atoms with Crippen molar-refractivity contribution in [2.75, 3.05) is 5.32 Å². The van der Waals surface area contributed by atoms with E-state index in [-0.39, 0.29) is 22.2 Å². The fraction of sp³-hybridized carbons (Fsp3) is 0.125. The van der Waals surface area contributed by atoms with Gasteiger partial charge in [0.15, 0.2) is 5.82 Å². The molecule has 0 aliphatic heterocycles. The number of carbonyl (C=O) groups is 1. The summed E-state index contributed by atoms with van der Waals surface area (Å²) in [5.41, 5.74) is -1.16. The van der Waals surface area contributed by atoms with E-state index in [1.807, 2.05) is 0 Å². The number of hydrogen-bond donors (Lipinski definition) is 2. The van der Waals surface area contributed by atoms with E-state index in [2.05, 4.69) is 25.5 Å². The SMILES string of the molecule is C[C@@H](O)c1nccc2c(-n3ccc(C(=O)Nc4cnc(-n5nccn5)c(Cl)c4)c3C(F)(F)F)cccc12. The van der Waals surface area contributed by atoms with Crippen LogP contribution < -0.4 is 5.32 Å². The fourth-order valence-corrected chi connectivity index (χ4v) is 4.27. The largest absolute Gasteiger partial charge is 0.432 e. The summed E-state index contributed by atoms with van der Waals surface area (Å²) in [6.45, 7) is 1.52. The number of halogens is 4. The van der Waals surface area contributed by atoms with Crippen molar-refractivity contribution in [2.45, 2.75) is 19.2 Å². The molecule has 2 N–H and O–H groups in total. The lowest BCUT2D eigenvalue weighted by atomic mass is 10.1. The van der Waals surface area contributed by atoms with Crippen molar-refractivity contribution in [1.29, 1.82) is 0 Å². The molecule has 0 spiro atoms. The molecule has 5 aromatic rings. The lowest BCUT2D eigenvalue weighted by Gasteiger charge is -2.17. The van der Waals surface area contributed by atoms with Crippen LogP contribution in [0.4, 0.5) is 18.9 Å². The fourth-order valence-electron chi connectivity index (χ4n) is 4.03. The van der Waals surface area contributed by atoms with Gasteiger partial charge in [-0.25, -0.2) is 4.98 Å². The van der Waals surface area contributed by atoms with Crippen LogP contribution in [-0.2, 0) is 6.18 Å². The Morgan fingerprint density at radius 2 is 1.84 bits per heavy atom. The number of nitrogens with zero attached hydrogens (tertiary/aromatic N) is 6. The molecule has 1 amide bonds. The van der Waals surface area contributed by atoms with E-state index in [1.165, 1.54) is 54.8 Å². The van der Waals surface area contributed by atoms with Crippen LogP contribution in [0.1, 0.15) is 34.8 Å². The third kappa shape index (κ3) is 4.52. The molecule has 0 saturated heterocycles. The minimum Gasteiger partial charge on any atom is -0.387 e. The van der Waals surface area contributed by atoms with Crippen molar-refractivity contribution in [3.05, 3.63) is 89.4 Å². The van der Waals surface area contributed by atoms with Gasteiger partial charge in [-0.3, -0.25) is 9.78 Å². The average molecular weight is 528 g/mol. The van der Waals surface area contributed by atoms with Crippen molar-refractivity contribution in [1.82, 2.24) is 29.5 Å². The van der Waals surface area contributed by atoms with Crippen LogP contribution in [-0.4, -0.2) is 40.5 Å². The van der Waals surface area contributed by atoms with E-state index in [9.17, 15) is 23.1 Å². The van der Waals surface area contributed by atoms with Crippen LogP contribution >= 0.6 is 11.6 Å². The lowest BCUT2D eigenvalue weighted by molar-refractivity contribution is -0.142. The van der Waals surface area contributed by atoms with E-state index in [4.69, 9.17) is 11.6 Å². The van der Waals surface area contributed by atoms with Gasteiger partial charge in [0.05, 0.1) is 52.3 Å². The Kier molecular flexibility index (Phi) is 6.13. The number of rotatable bonds is 5. The highest BCUT2D eigenvalue weighted by Gasteiger charge is 2.40. The van der Waals surface area contributed by atoms with Crippen LogP contribution in [0.3, 0.4) is 0 Å². The summed E-state index contributed by atoms with van der Waals surface area (Å²) in [6, 6.07) is 8.71. The molecule has 0 fully saturated rings. The first-order valence-corrected chi connectivity index (χ1v) is 11.2. The van der Waals surface area contributed by atoms with Gasteiger partial charge in [-0.1, -0.05) is 23.7 Å². The quantitative estimate of drug-likeness (QED) is 0.333. The lowest BCUT2D eigenvalue weighted by Crippen LogP contribution is -2.20. The normalized spacial score (nSPS) is 12.6. The van der Waals surface area contributed by atoms with E-state index in [0.29, 0.717) is 16.5 Å². The molecule has 9 nitrogen and oxygen atoms in total. The Hall–Kier alpha value is -4.29. The Bertz CT molecular complexity index is 1610. The molecule has 0 aliphatic carbocycles. The van der Waals surface area contributed by atoms with Gasteiger partial charge in [0.2, 0.25) is 0 Å². The molecular weight excluding hydrogens is 511 g/mol. The van der Waals surface area contributed by atoms with Crippen molar-refractivity contribution in [3.63, 3.8) is 0 Å². The summed E-state index contributed by atoms with van der Waals surface area (Å²) in [6.07, 6.45) is 0.877. The monoisotopic (exact) mass is 527 g/mol. The maximum atomic E-state index is 14.3. The van der Waals surface area contributed by atoms with Crippen molar-refractivity contribution >= 4 is 34.0 Å². The second-order valence-corrected chi connectivity index (χ2v) is 8.40. The van der Waals surface area contributed by atoms with Crippen LogP contribution in [0.25, 0.3) is 22.3 Å². The van der Waals surface area contributed by atoms with Crippen molar-refractivity contribution in [3.8, 4) is 11.5 Å². The summed E-state index contributed by atoms with van der Waals surface area (Å²) in [7, 11) is 0. The molecule has 0 bridgehead atoms. The number of hydrogen-bond acceptors (Lipinski definition) is 6. The van der Waals surface area contributed by atoms with Crippen LogP contribution in [0.15, 0.2) is 67.4 Å². The number of fused-ring (bicyclic) bond motifs is 1. The van der Waals surface area contributed by atoms with Crippen molar-refractivity contribution in [2.24, 2.45) is 0 Å². The predicted molar refractivity (Wildman–Crippen MR) is 129 cm³/mol. The summed E-state index contributed by atoms with van der Waals surface area (Å²) in [4.78, 5) is 22.4.